The van der Waals surface area contributed by atoms with Gasteiger partial charge in [0.25, 0.3) is 5.91 Å². The average molecular weight is 298 g/mol. The Balaban J connectivity index is 2.19. The number of anilines is 1. The molecular formula is C13H20ClN5O. The Morgan fingerprint density at radius 2 is 2.30 bits per heavy atom. The van der Waals surface area contributed by atoms with Gasteiger partial charge in [0.1, 0.15) is 11.5 Å². The van der Waals surface area contributed by atoms with Crippen LogP contribution in [0.4, 0.5) is 5.82 Å². The molecular weight excluding hydrogens is 278 g/mol. The molecule has 20 heavy (non-hydrogen) atoms. The van der Waals surface area contributed by atoms with Crippen molar-refractivity contribution in [2.75, 3.05) is 32.1 Å². The first-order valence-electron chi connectivity index (χ1n) is 6.69. The van der Waals surface area contributed by atoms with Crippen molar-refractivity contribution in [1.82, 2.24) is 14.8 Å². The van der Waals surface area contributed by atoms with Crippen molar-refractivity contribution in [2.24, 2.45) is 5.84 Å². The fraction of sp³-hybridized carbons (Fsp3) is 0.538. The van der Waals surface area contributed by atoms with Crippen LogP contribution in [-0.2, 0) is 0 Å². The molecule has 3 N–H and O–H groups in total. The van der Waals surface area contributed by atoms with E-state index in [1.807, 2.05) is 4.90 Å². The van der Waals surface area contributed by atoms with Crippen molar-refractivity contribution in [3.05, 3.63) is 22.8 Å². The summed E-state index contributed by atoms with van der Waals surface area (Å²) >= 11 is 6.08. The number of rotatable bonds is 3. The number of likely N-dealkylation sites (N-methyl/N-ethyl adjacent to an activating group) is 1. The third-order valence-electron chi connectivity index (χ3n) is 3.73. The van der Waals surface area contributed by atoms with Crippen LogP contribution < -0.4 is 11.3 Å². The van der Waals surface area contributed by atoms with Crippen LogP contribution >= 0.6 is 11.6 Å². The highest BCUT2D eigenvalue weighted by Gasteiger charge is 2.28. The number of nitrogen functional groups attached to an aromatic ring is 1. The van der Waals surface area contributed by atoms with Gasteiger partial charge in [-0.25, -0.2) is 10.8 Å². The molecule has 1 aliphatic rings. The lowest BCUT2D eigenvalue weighted by Crippen LogP contribution is -2.53. The van der Waals surface area contributed by atoms with Gasteiger partial charge in [-0.3, -0.25) is 9.69 Å². The summed E-state index contributed by atoms with van der Waals surface area (Å²) in [4.78, 5) is 20.8. The summed E-state index contributed by atoms with van der Waals surface area (Å²) in [6.45, 7) is 4.37. The maximum atomic E-state index is 12.5. The molecule has 2 rings (SSSR count). The van der Waals surface area contributed by atoms with E-state index in [-0.39, 0.29) is 11.6 Å². The second kappa shape index (κ2) is 6.39. The van der Waals surface area contributed by atoms with Crippen molar-refractivity contribution in [1.29, 1.82) is 0 Å². The lowest BCUT2D eigenvalue weighted by Gasteiger charge is -2.39. The van der Waals surface area contributed by atoms with E-state index in [4.69, 9.17) is 17.4 Å². The number of halogens is 1. The van der Waals surface area contributed by atoms with Crippen LogP contribution in [0.2, 0.25) is 5.02 Å². The zero-order valence-electron chi connectivity index (χ0n) is 11.8. The van der Waals surface area contributed by atoms with Crippen LogP contribution in [0.5, 0.6) is 0 Å². The predicted molar refractivity (Wildman–Crippen MR) is 79.7 cm³/mol. The fourth-order valence-electron chi connectivity index (χ4n) is 2.39. The van der Waals surface area contributed by atoms with Crippen LogP contribution in [0.15, 0.2) is 12.1 Å². The Bertz CT molecular complexity index is 496. The number of carbonyl (C=O) groups is 1. The van der Waals surface area contributed by atoms with Crippen molar-refractivity contribution in [3.63, 3.8) is 0 Å². The third kappa shape index (κ3) is 3.03. The van der Waals surface area contributed by atoms with Gasteiger partial charge < -0.3 is 10.3 Å². The van der Waals surface area contributed by atoms with E-state index in [9.17, 15) is 4.79 Å². The number of piperazine rings is 1. The molecule has 0 radical (unpaired) electrons. The Labute approximate surface area is 123 Å². The van der Waals surface area contributed by atoms with E-state index in [1.165, 1.54) is 0 Å². The van der Waals surface area contributed by atoms with Crippen molar-refractivity contribution in [3.8, 4) is 0 Å². The maximum Gasteiger partial charge on any atom is 0.274 e. The smallest absolute Gasteiger partial charge is 0.274 e. The summed E-state index contributed by atoms with van der Waals surface area (Å²) in [5.74, 6) is 5.61. The van der Waals surface area contributed by atoms with Crippen molar-refractivity contribution >= 4 is 23.3 Å². The van der Waals surface area contributed by atoms with E-state index >= 15 is 0 Å². The lowest BCUT2D eigenvalue weighted by atomic mass is 10.1. The van der Waals surface area contributed by atoms with Crippen LogP contribution in [0.25, 0.3) is 0 Å². The minimum absolute atomic E-state index is 0.140. The number of nitrogens with one attached hydrogen (secondary N) is 1. The molecule has 0 saturated carbocycles. The molecule has 2 heterocycles. The Morgan fingerprint density at radius 1 is 1.55 bits per heavy atom. The minimum atomic E-state index is -0.140. The second-order valence-electron chi connectivity index (χ2n) is 4.97. The number of hydrogen-bond donors (Lipinski definition) is 2. The van der Waals surface area contributed by atoms with Crippen LogP contribution in [0.1, 0.15) is 23.8 Å². The molecule has 1 saturated heterocycles. The normalized spacial score (nSPS) is 20.0. The van der Waals surface area contributed by atoms with Gasteiger partial charge in [-0.1, -0.05) is 18.5 Å². The van der Waals surface area contributed by atoms with Gasteiger partial charge in [0, 0.05) is 25.7 Å². The zero-order chi connectivity index (χ0) is 14.7. The molecule has 1 aromatic heterocycles. The second-order valence-corrected chi connectivity index (χ2v) is 5.37. The van der Waals surface area contributed by atoms with E-state index in [2.05, 4.69) is 29.3 Å². The monoisotopic (exact) mass is 297 g/mol. The van der Waals surface area contributed by atoms with E-state index in [1.54, 1.807) is 12.1 Å². The Kier molecular flexibility index (Phi) is 4.80. The van der Waals surface area contributed by atoms with Crippen LogP contribution in [0, 0.1) is 0 Å². The summed E-state index contributed by atoms with van der Waals surface area (Å²) in [6.07, 6.45) is 1.01. The fourth-order valence-corrected chi connectivity index (χ4v) is 2.58. The molecule has 0 bridgehead atoms. The van der Waals surface area contributed by atoms with Gasteiger partial charge in [-0.05, 0) is 25.6 Å². The number of nitrogens with two attached hydrogens (primary N) is 1. The first-order valence-corrected chi connectivity index (χ1v) is 7.07. The van der Waals surface area contributed by atoms with Crippen LogP contribution in [-0.4, -0.2) is 53.4 Å². The Morgan fingerprint density at radius 3 is 2.95 bits per heavy atom. The first-order chi connectivity index (χ1) is 9.56. The summed E-state index contributed by atoms with van der Waals surface area (Å²) in [5.41, 5.74) is 2.68. The molecule has 1 amide bonds. The number of amides is 1. The molecule has 6 nitrogen and oxygen atoms in total. The molecule has 1 atom stereocenters. The third-order valence-corrected chi connectivity index (χ3v) is 4.04. The van der Waals surface area contributed by atoms with Crippen LogP contribution in [0.3, 0.4) is 0 Å². The van der Waals surface area contributed by atoms with Gasteiger partial charge in [0.2, 0.25) is 0 Å². The number of pyridine rings is 1. The molecule has 7 heteroatoms. The Hall–Kier alpha value is -1.37. The van der Waals surface area contributed by atoms with E-state index in [0.717, 1.165) is 13.0 Å². The number of nitrogens with zero attached hydrogens (tertiary/aromatic N) is 3. The minimum Gasteiger partial charge on any atom is -0.334 e. The largest absolute Gasteiger partial charge is 0.334 e. The summed E-state index contributed by atoms with van der Waals surface area (Å²) < 4.78 is 0. The zero-order valence-corrected chi connectivity index (χ0v) is 12.5. The van der Waals surface area contributed by atoms with Crippen molar-refractivity contribution in [2.45, 2.75) is 19.4 Å². The van der Waals surface area contributed by atoms with Gasteiger partial charge >= 0.3 is 0 Å². The number of aromatic nitrogens is 1. The number of carbonyl (C=O) groups excluding carboxylic acids is 1. The predicted octanol–water partition coefficient (Wildman–Crippen LogP) is 1.19. The highest BCUT2D eigenvalue weighted by atomic mass is 35.5. The molecule has 0 spiro atoms. The number of hydrazine groups is 1. The number of hydrogen-bond acceptors (Lipinski definition) is 5. The standard InChI is InChI=1S/C13H20ClN5O/c1-3-9-8-19(7-6-18(9)2)13(20)12-10(14)4-5-11(16-12)17-15/h4-5,9H,3,6-8,15H2,1-2H3,(H,16,17). The van der Waals surface area contributed by atoms with E-state index in [0.29, 0.717) is 30.0 Å². The highest BCUT2D eigenvalue weighted by molar-refractivity contribution is 6.33. The summed E-state index contributed by atoms with van der Waals surface area (Å²) in [6, 6.07) is 3.64. The summed E-state index contributed by atoms with van der Waals surface area (Å²) in [7, 11) is 2.08. The lowest BCUT2D eigenvalue weighted by molar-refractivity contribution is 0.0537. The highest BCUT2D eigenvalue weighted by Crippen LogP contribution is 2.20. The maximum absolute atomic E-state index is 12.5. The summed E-state index contributed by atoms with van der Waals surface area (Å²) in [5, 5.41) is 0.348. The molecule has 110 valence electrons. The van der Waals surface area contributed by atoms with Gasteiger partial charge in [0.15, 0.2) is 0 Å². The van der Waals surface area contributed by atoms with E-state index < -0.39 is 0 Å². The molecule has 1 aromatic rings. The van der Waals surface area contributed by atoms with Gasteiger partial charge in [-0.15, -0.1) is 0 Å². The average Bonchev–Trinajstić information content (AvgIpc) is 2.47. The van der Waals surface area contributed by atoms with Crippen molar-refractivity contribution < 1.29 is 4.79 Å². The first kappa shape index (κ1) is 15.0. The topological polar surface area (TPSA) is 74.5 Å². The van der Waals surface area contributed by atoms with Gasteiger partial charge in [-0.2, -0.15) is 0 Å². The molecule has 1 unspecified atom stereocenters. The molecule has 1 fully saturated rings. The molecule has 0 aromatic carbocycles. The SMILES string of the molecule is CCC1CN(C(=O)c2nc(NN)ccc2Cl)CCN1C. The van der Waals surface area contributed by atoms with Gasteiger partial charge in [0.05, 0.1) is 5.02 Å². The molecule has 1 aliphatic heterocycles. The quantitative estimate of drug-likeness (QED) is 0.647. The molecule has 0 aliphatic carbocycles.